The summed E-state index contributed by atoms with van der Waals surface area (Å²) < 4.78 is 0. The zero-order valence-electron chi connectivity index (χ0n) is 12.1. The molecule has 1 aliphatic carbocycles. The van der Waals surface area contributed by atoms with Gasteiger partial charge in [-0.05, 0) is 45.4 Å². The van der Waals surface area contributed by atoms with E-state index >= 15 is 0 Å². The van der Waals surface area contributed by atoms with Crippen LogP contribution in [-0.2, 0) is 0 Å². The second-order valence-electron chi connectivity index (χ2n) is 5.52. The van der Waals surface area contributed by atoms with Gasteiger partial charge >= 0.3 is 0 Å². The molecule has 1 aromatic heterocycles. The van der Waals surface area contributed by atoms with Gasteiger partial charge in [-0.1, -0.05) is 13.3 Å². The van der Waals surface area contributed by atoms with Crippen molar-refractivity contribution in [3.63, 3.8) is 0 Å². The van der Waals surface area contributed by atoms with Gasteiger partial charge in [0.2, 0.25) is 0 Å². The smallest absolute Gasteiger partial charge is 0.134 e. The van der Waals surface area contributed by atoms with Crippen LogP contribution >= 0.6 is 0 Å². The quantitative estimate of drug-likeness (QED) is 0.882. The molecule has 0 bridgehead atoms. The predicted octanol–water partition coefficient (Wildman–Crippen LogP) is 3.82. The number of anilines is 1. The predicted molar refractivity (Wildman–Crippen MR) is 76.0 cm³/mol. The van der Waals surface area contributed by atoms with E-state index in [1.165, 1.54) is 37.7 Å². The van der Waals surface area contributed by atoms with E-state index in [1.807, 2.05) is 7.05 Å². The molecule has 0 saturated heterocycles. The summed E-state index contributed by atoms with van der Waals surface area (Å²) in [5.74, 6) is 3.54. The van der Waals surface area contributed by atoms with Gasteiger partial charge in [-0.25, -0.2) is 9.97 Å². The molecule has 1 aliphatic rings. The van der Waals surface area contributed by atoms with Crippen molar-refractivity contribution in [2.24, 2.45) is 5.92 Å². The largest absolute Gasteiger partial charge is 0.373 e. The minimum atomic E-state index is 0.569. The van der Waals surface area contributed by atoms with Crippen molar-refractivity contribution in [2.45, 2.75) is 58.8 Å². The van der Waals surface area contributed by atoms with Crippen LogP contribution in [0.2, 0.25) is 0 Å². The summed E-state index contributed by atoms with van der Waals surface area (Å²) >= 11 is 0. The summed E-state index contributed by atoms with van der Waals surface area (Å²) in [5, 5.41) is 3.18. The summed E-state index contributed by atoms with van der Waals surface area (Å²) in [4.78, 5) is 9.41. The van der Waals surface area contributed by atoms with Crippen molar-refractivity contribution in [1.29, 1.82) is 0 Å². The lowest BCUT2D eigenvalue weighted by Gasteiger charge is -2.27. The van der Waals surface area contributed by atoms with E-state index in [9.17, 15) is 0 Å². The topological polar surface area (TPSA) is 37.8 Å². The Bertz CT molecular complexity index is 406. The van der Waals surface area contributed by atoms with E-state index in [0.717, 1.165) is 23.3 Å². The Kier molecular flexibility index (Phi) is 4.20. The molecule has 2 rings (SSSR count). The lowest BCUT2D eigenvalue weighted by Crippen LogP contribution is -2.16. The molecule has 0 radical (unpaired) electrons. The maximum Gasteiger partial charge on any atom is 0.134 e. The lowest BCUT2D eigenvalue weighted by molar-refractivity contribution is 0.312. The van der Waals surface area contributed by atoms with E-state index in [-0.39, 0.29) is 0 Å². The van der Waals surface area contributed by atoms with Gasteiger partial charge in [-0.3, -0.25) is 0 Å². The van der Waals surface area contributed by atoms with Gasteiger partial charge in [0.1, 0.15) is 11.6 Å². The van der Waals surface area contributed by atoms with Gasteiger partial charge in [0.05, 0.1) is 0 Å². The number of rotatable bonds is 3. The highest BCUT2D eigenvalue weighted by molar-refractivity contribution is 5.45. The normalized spacial score (nSPS) is 24.0. The Labute approximate surface area is 110 Å². The third-order valence-electron chi connectivity index (χ3n) is 4.43. The Morgan fingerprint density at radius 2 is 1.78 bits per heavy atom. The molecule has 1 aromatic rings. The van der Waals surface area contributed by atoms with Crippen LogP contribution in [0.4, 0.5) is 5.82 Å². The minimum absolute atomic E-state index is 0.569. The lowest BCUT2D eigenvalue weighted by atomic mass is 9.80. The van der Waals surface area contributed by atoms with Gasteiger partial charge in [-0.2, -0.15) is 0 Å². The zero-order chi connectivity index (χ0) is 13.1. The number of aromatic nitrogens is 2. The van der Waals surface area contributed by atoms with Crippen molar-refractivity contribution < 1.29 is 0 Å². The Balaban J connectivity index is 2.17. The molecule has 3 heteroatoms. The van der Waals surface area contributed by atoms with E-state index < -0.39 is 0 Å². The molecule has 1 heterocycles. The number of aryl methyl sites for hydroxylation is 1. The van der Waals surface area contributed by atoms with Crippen LogP contribution in [-0.4, -0.2) is 17.0 Å². The van der Waals surface area contributed by atoms with E-state index in [0.29, 0.717) is 5.92 Å². The van der Waals surface area contributed by atoms with Crippen molar-refractivity contribution in [3.05, 3.63) is 17.1 Å². The molecule has 18 heavy (non-hydrogen) atoms. The standard InChI is InChI=1S/C15H25N3/c1-5-12-6-8-13(9-7-12)15-17-11(3)10(2)14(16-4)18-15/h12-13H,5-9H2,1-4H3,(H,16,17,18). The highest BCUT2D eigenvalue weighted by Gasteiger charge is 2.24. The molecule has 0 unspecified atom stereocenters. The molecule has 0 spiro atoms. The second-order valence-corrected chi connectivity index (χ2v) is 5.52. The monoisotopic (exact) mass is 247 g/mol. The molecule has 1 fully saturated rings. The maximum absolute atomic E-state index is 4.70. The van der Waals surface area contributed by atoms with Gasteiger partial charge < -0.3 is 5.32 Å². The summed E-state index contributed by atoms with van der Waals surface area (Å²) in [5.41, 5.74) is 2.28. The van der Waals surface area contributed by atoms with Crippen LogP contribution in [0.1, 0.15) is 62.0 Å². The molecule has 0 amide bonds. The molecule has 0 atom stereocenters. The highest BCUT2D eigenvalue weighted by Crippen LogP contribution is 2.36. The minimum Gasteiger partial charge on any atom is -0.373 e. The molecule has 3 nitrogen and oxygen atoms in total. The van der Waals surface area contributed by atoms with Crippen molar-refractivity contribution in [1.82, 2.24) is 9.97 Å². The van der Waals surface area contributed by atoms with Crippen molar-refractivity contribution >= 4 is 5.82 Å². The third-order valence-corrected chi connectivity index (χ3v) is 4.43. The SMILES string of the molecule is CCC1CCC(c2nc(C)c(C)c(NC)n2)CC1. The zero-order valence-corrected chi connectivity index (χ0v) is 12.1. The number of nitrogens with zero attached hydrogens (tertiary/aromatic N) is 2. The van der Waals surface area contributed by atoms with Crippen LogP contribution in [0, 0.1) is 19.8 Å². The Morgan fingerprint density at radius 1 is 1.11 bits per heavy atom. The first-order valence-corrected chi connectivity index (χ1v) is 7.18. The number of hydrogen-bond acceptors (Lipinski definition) is 3. The van der Waals surface area contributed by atoms with Crippen molar-refractivity contribution in [3.8, 4) is 0 Å². The average molecular weight is 247 g/mol. The Morgan fingerprint density at radius 3 is 2.33 bits per heavy atom. The van der Waals surface area contributed by atoms with Crippen LogP contribution in [0.25, 0.3) is 0 Å². The van der Waals surface area contributed by atoms with Crippen LogP contribution in [0.15, 0.2) is 0 Å². The average Bonchev–Trinajstić information content (AvgIpc) is 2.42. The number of hydrogen-bond donors (Lipinski definition) is 1. The summed E-state index contributed by atoms with van der Waals surface area (Å²) in [6, 6.07) is 0. The van der Waals surface area contributed by atoms with Gasteiger partial charge in [-0.15, -0.1) is 0 Å². The molecular formula is C15H25N3. The van der Waals surface area contributed by atoms with E-state index in [2.05, 4.69) is 26.1 Å². The van der Waals surface area contributed by atoms with Gasteiger partial charge in [0.25, 0.3) is 0 Å². The first-order chi connectivity index (χ1) is 8.65. The highest BCUT2D eigenvalue weighted by atomic mass is 15.0. The van der Waals surface area contributed by atoms with Crippen LogP contribution in [0.5, 0.6) is 0 Å². The molecule has 1 N–H and O–H groups in total. The first kappa shape index (κ1) is 13.3. The van der Waals surface area contributed by atoms with E-state index in [1.54, 1.807) is 0 Å². The molecule has 0 aliphatic heterocycles. The number of nitrogens with one attached hydrogen (secondary N) is 1. The van der Waals surface area contributed by atoms with Crippen LogP contribution in [0.3, 0.4) is 0 Å². The Hall–Kier alpha value is -1.12. The molecule has 1 saturated carbocycles. The van der Waals surface area contributed by atoms with Crippen LogP contribution < -0.4 is 5.32 Å². The summed E-state index contributed by atoms with van der Waals surface area (Å²) in [7, 11) is 1.94. The maximum atomic E-state index is 4.70. The molecule has 0 aromatic carbocycles. The van der Waals surface area contributed by atoms with Crippen molar-refractivity contribution in [2.75, 3.05) is 12.4 Å². The fourth-order valence-corrected chi connectivity index (χ4v) is 2.91. The molecular weight excluding hydrogens is 222 g/mol. The second kappa shape index (κ2) is 5.68. The molecule has 100 valence electrons. The summed E-state index contributed by atoms with van der Waals surface area (Å²) in [6.45, 7) is 6.47. The first-order valence-electron chi connectivity index (χ1n) is 7.18. The van der Waals surface area contributed by atoms with Gasteiger partial charge in [0, 0.05) is 24.2 Å². The van der Waals surface area contributed by atoms with Gasteiger partial charge in [0.15, 0.2) is 0 Å². The fraction of sp³-hybridized carbons (Fsp3) is 0.733. The van der Waals surface area contributed by atoms with E-state index in [4.69, 9.17) is 9.97 Å². The summed E-state index contributed by atoms with van der Waals surface area (Å²) in [6.07, 6.45) is 6.51. The third kappa shape index (κ3) is 2.65. The fourth-order valence-electron chi connectivity index (χ4n) is 2.91.